The summed E-state index contributed by atoms with van der Waals surface area (Å²) in [5, 5.41) is 6.86. The molecule has 4 aliphatic rings. The molecule has 2 aromatic carbocycles. The third-order valence-electron chi connectivity index (χ3n) is 8.27. The largest absolute Gasteiger partial charge is 0.493 e. The molecule has 188 valence electrons. The molecule has 1 amide bonds. The predicted molar refractivity (Wildman–Crippen MR) is 143 cm³/mol. The molecule has 2 aromatic rings. The van der Waals surface area contributed by atoms with Crippen LogP contribution >= 0.6 is 15.9 Å². The zero-order chi connectivity index (χ0) is 24.8. The number of carbonyl (C=O) groups excluding carboxylic acids is 1. The maximum atomic E-state index is 12.4. The van der Waals surface area contributed by atoms with Gasteiger partial charge in [0.05, 0.1) is 11.6 Å². The second-order valence-corrected chi connectivity index (χ2v) is 12.9. The molecule has 2 N–H and O–H groups in total. The number of benzene rings is 2. The molecular weight excluding hydrogens is 504 g/mol. The average molecular weight is 542 g/mol. The minimum absolute atomic E-state index is 0.0951. The Morgan fingerprint density at radius 3 is 2.37 bits per heavy atom. The van der Waals surface area contributed by atoms with Gasteiger partial charge in [-0.3, -0.25) is 4.79 Å². The molecule has 2 unspecified atom stereocenters. The first-order valence-corrected chi connectivity index (χ1v) is 13.5. The molecule has 6 rings (SSSR count). The highest BCUT2D eigenvalue weighted by atomic mass is 79.9. The summed E-state index contributed by atoms with van der Waals surface area (Å²) < 4.78 is 12.3. The van der Waals surface area contributed by atoms with Crippen molar-refractivity contribution in [2.24, 2.45) is 16.7 Å². The quantitative estimate of drug-likeness (QED) is 0.394. The smallest absolute Gasteiger partial charge is 0.262 e. The van der Waals surface area contributed by atoms with Crippen LogP contribution < -0.4 is 20.1 Å². The molecule has 0 aromatic heterocycles. The number of methoxy groups -OCH3 is 1. The number of halogens is 1. The molecule has 4 aliphatic carbocycles. The highest BCUT2D eigenvalue weighted by Crippen LogP contribution is 2.66. The van der Waals surface area contributed by atoms with Crippen molar-refractivity contribution >= 4 is 27.5 Å². The van der Waals surface area contributed by atoms with Crippen LogP contribution in [-0.2, 0) is 11.3 Å². The van der Waals surface area contributed by atoms with Gasteiger partial charge in [0, 0.05) is 17.8 Å². The van der Waals surface area contributed by atoms with Crippen molar-refractivity contribution in [3.63, 3.8) is 0 Å². The van der Waals surface area contributed by atoms with Crippen LogP contribution in [0.2, 0.25) is 0 Å². The first-order chi connectivity index (χ1) is 16.6. The Kier molecular flexibility index (Phi) is 6.41. The normalized spacial score (nSPS) is 30.8. The molecule has 0 radical (unpaired) electrons. The molecular formula is C29H37BrN2O3. The maximum absolute atomic E-state index is 12.4. The van der Waals surface area contributed by atoms with E-state index in [4.69, 9.17) is 9.47 Å². The van der Waals surface area contributed by atoms with Gasteiger partial charge in [-0.1, -0.05) is 31.5 Å². The van der Waals surface area contributed by atoms with Crippen LogP contribution in [0.5, 0.6) is 11.5 Å². The summed E-state index contributed by atoms with van der Waals surface area (Å²) in [5.74, 6) is 1.82. The Balaban J connectivity index is 1.23. The van der Waals surface area contributed by atoms with Gasteiger partial charge in [-0.25, -0.2) is 0 Å². The zero-order valence-corrected chi connectivity index (χ0v) is 22.9. The molecule has 35 heavy (non-hydrogen) atoms. The first kappa shape index (κ1) is 24.6. The Bertz CT molecular complexity index is 1100. The Morgan fingerprint density at radius 2 is 1.74 bits per heavy atom. The fourth-order valence-electron chi connectivity index (χ4n) is 7.92. The van der Waals surface area contributed by atoms with E-state index >= 15 is 0 Å². The Hall–Kier alpha value is -2.05. The first-order valence-electron chi connectivity index (χ1n) is 12.7. The molecule has 4 saturated carbocycles. The van der Waals surface area contributed by atoms with Gasteiger partial charge in [0.15, 0.2) is 18.1 Å². The molecule has 2 atom stereocenters. The van der Waals surface area contributed by atoms with E-state index in [2.05, 4.69) is 46.5 Å². The van der Waals surface area contributed by atoms with Gasteiger partial charge in [0.2, 0.25) is 0 Å². The van der Waals surface area contributed by atoms with Gasteiger partial charge in [0.1, 0.15) is 0 Å². The lowest BCUT2D eigenvalue weighted by molar-refractivity contribution is -0.118. The fraction of sp³-hybridized carbons (Fsp3) is 0.552. The lowest BCUT2D eigenvalue weighted by atomic mass is 9.43. The molecule has 4 fully saturated rings. The average Bonchev–Trinajstić information content (AvgIpc) is 2.76. The Labute approximate surface area is 217 Å². The summed E-state index contributed by atoms with van der Waals surface area (Å²) in [5.41, 5.74) is 4.26. The number of amides is 1. The minimum Gasteiger partial charge on any atom is -0.493 e. The van der Waals surface area contributed by atoms with E-state index in [1.807, 2.05) is 37.3 Å². The predicted octanol–water partition coefficient (Wildman–Crippen LogP) is 6.62. The van der Waals surface area contributed by atoms with Crippen LogP contribution in [0.3, 0.4) is 0 Å². The number of nitrogens with one attached hydrogen (secondary N) is 2. The third kappa shape index (κ3) is 5.24. The van der Waals surface area contributed by atoms with Crippen molar-refractivity contribution in [2.75, 3.05) is 19.0 Å². The zero-order valence-electron chi connectivity index (χ0n) is 21.3. The number of hydrogen-bond donors (Lipinski definition) is 2. The summed E-state index contributed by atoms with van der Waals surface area (Å²) in [6, 6.07) is 11.8. The molecule has 0 aliphatic heterocycles. The van der Waals surface area contributed by atoms with Crippen LogP contribution in [-0.4, -0.2) is 25.2 Å². The monoisotopic (exact) mass is 540 g/mol. The van der Waals surface area contributed by atoms with E-state index in [9.17, 15) is 4.79 Å². The van der Waals surface area contributed by atoms with Gasteiger partial charge in [0.25, 0.3) is 5.91 Å². The second kappa shape index (κ2) is 9.11. The van der Waals surface area contributed by atoms with E-state index in [0.29, 0.717) is 22.3 Å². The number of rotatable bonds is 8. The lowest BCUT2D eigenvalue weighted by Crippen LogP contribution is -2.63. The molecule has 5 nitrogen and oxygen atoms in total. The van der Waals surface area contributed by atoms with Gasteiger partial charge in [-0.15, -0.1) is 0 Å². The van der Waals surface area contributed by atoms with Crippen molar-refractivity contribution in [1.82, 2.24) is 5.32 Å². The number of carbonyl (C=O) groups is 1. The second-order valence-electron chi connectivity index (χ2n) is 12.1. The summed E-state index contributed by atoms with van der Waals surface area (Å²) in [4.78, 5) is 12.4. The summed E-state index contributed by atoms with van der Waals surface area (Å²) in [6.45, 7) is 7.73. The van der Waals surface area contributed by atoms with Gasteiger partial charge < -0.3 is 20.1 Å². The van der Waals surface area contributed by atoms with Gasteiger partial charge >= 0.3 is 0 Å². The number of aryl methyl sites for hydroxylation is 1. The van der Waals surface area contributed by atoms with Crippen LogP contribution in [0.15, 0.2) is 40.9 Å². The van der Waals surface area contributed by atoms with Crippen molar-refractivity contribution < 1.29 is 14.3 Å². The number of hydrogen-bond acceptors (Lipinski definition) is 4. The van der Waals surface area contributed by atoms with Crippen molar-refractivity contribution in [2.45, 2.75) is 71.4 Å². The molecule has 4 bridgehead atoms. The standard InChI is InChI=1S/C29H37BrN2O3/c1-19-5-7-22(8-6-19)32-25(33)15-35-26-23(30)9-20(10-24(26)34-4)14-31-29-13-21-11-27(2,17-29)16-28(3,12-21)18-29/h5-10,21,31H,11-18H2,1-4H3,(H,32,33). The van der Waals surface area contributed by atoms with Crippen molar-refractivity contribution in [1.29, 1.82) is 0 Å². The van der Waals surface area contributed by atoms with Crippen LogP contribution in [0, 0.1) is 23.7 Å². The molecule has 0 spiro atoms. The minimum atomic E-state index is -0.211. The van der Waals surface area contributed by atoms with Crippen molar-refractivity contribution in [3.05, 3.63) is 52.0 Å². The summed E-state index contributed by atoms with van der Waals surface area (Å²) in [7, 11) is 1.64. The summed E-state index contributed by atoms with van der Waals surface area (Å²) in [6.07, 6.45) is 8.03. The Morgan fingerprint density at radius 1 is 1.06 bits per heavy atom. The molecule has 6 heteroatoms. The van der Waals surface area contributed by atoms with E-state index in [-0.39, 0.29) is 18.1 Å². The van der Waals surface area contributed by atoms with Crippen molar-refractivity contribution in [3.8, 4) is 11.5 Å². The van der Waals surface area contributed by atoms with E-state index in [1.54, 1.807) is 7.11 Å². The van der Waals surface area contributed by atoms with Crippen LogP contribution in [0.1, 0.15) is 63.5 Å². The topological polar surface area (TPSA) is 59.6 Å². The highest BCUT2D eigenvalue weighted by molar-refractivity contribution is 9.10. The number of anilines is 1. The van der Waals surface area contributed by atoms with Gasteiger partial charge in [-0.2, -0.15) is 0 Å². The SMILES string of the molecule is COc1cc(CNC23CC4CC(C)(CC(C)(C4)C2)C3)cc(Br)c1OCC(=O)Nc1ccc(C)cc1. The number of ether oxygens (including phenoxy) is 2. The van der Waals surface area contributed by atoms with Crippen LogP contribution in [0.4, 0.5) is 5.69 Å². The fourth-order valence-corrected chi connectivity index (χ4v) is 8.53. The maximum Gasteiger partial charge on any atom is 0.262 e. The van der Waals surface area contributed by atoms with E-state index < -0.39 is 0 Å². The molecule has 0 heterocycles. The van der Waals surface area contributed by atoms with Gasteiger partial charge in [-0.05, 0) is 108 Å². The lowest BCUT2D eigenvalue weighted by Gasteiger charge is -2.65. The molecule has 0 saturated heterocycles. The van der Waals surface area contributed by atoms with E-state index in [1.165, 1.54) is 38.5 Å². The summed E-state index contributed by atoms with van der Waals surface area (Å²) >= 11 is 3.65. The van der Waals surface area contributed by atoms with E-state index in [0.717, 1.165) is 33.7 Å². The van der Waals surface area contributed by atoms with Crippen LogP contribution in [0.25, 0.3) is 0 Å². The third-order valence-corrected chi connectivity index (χ3v) is 8.85. The highest BCUT2D eigenvalue weighted by Gasteiger charge is 2.59.